The summed E-state index contributed by atoms with van der Waals surface area (Å²) in [6, 6.07) is 7.44. The third kappa shape index (κ3) is 2.71. The van der Waals surface area contributed by atoms with Gasteiger partial charge in [0, 0.05) is 38.3 Å². The van der Waals surface area contributed by atoms with Crippen LogP contribution in [-0.2, 0) is 0 Å². The van der Waals surface area contributed by atoms with Crippen LogP contribution in [0.5, 0.6) is 0 Å². The third-order valence-corrected chi connectivity index (χ3v) is 4.40. The summed E-state index contributed by atoms with van der Waals surface area (Å²) < 4.78 is 5.83. The van der Waals surface area contributed by atoms with Gasteiger partial charge in [0.05, 0.1) is 0 Å². The van der Waals surface area contributed by atoms with E-state index in [0.29, 0.717) is 55.3 Å². The number of piperazine rings is 1. The number of nitrogens with zero attached hydrogens (tertiary/aromatic N) is 5. The average Bonchev–Trinajstić information content (AvgIpc) is 3.41. The molecule has 122 valence electrons. The van der Waals surface area contributed by atoms with E-state index >= 15 is 0 Å². The fourth-order valence-electron chi connectivity index (χ4n) is 2.88. The minimum Gasteiger partial charge on any atom is -0.423 e. The van der Waals surface area contributed by atoms with Crippen molar-refractivity contribution in [2.75, 3.05) is 31.1 Å². The molecule has 0 spiro atoms. The predicted octanol–water partition coefficient (Wildman–Crippen LogP) is 1.78. The molecule has 24 heavy (non-hydrogen) atoms. The predicted molar refractivity (Wildman–Crippen MR) is 85.5 cm³/mol. The van der Waals surface area contributed by atoms with Crippen LogP contribution in [0.25, 0.3) is 0 Å². The molecule has 1 aliphatic carbocycles. The Morgan fingerprint density at radius 3 is 2.67 bits per heavy atom. The molecule has 0 N–H and O–H groups in total. The summed E-state index contributed by atoms with van der Waals surface area (Å²) in [5.74, 6) is 1.53. The number of pyridine rings is 1. The zero-order valence-corrected chi connectivity index (χ0v) is 13.2. The van der Waals surface area contributed by atoms with E-state index in [1.165, 1.54) is 0 Å². The Morgan fingerprint density at radius 1 is 1.25 bits per heavy atom. The zero-order chi connectivity index (χ0) is 16.5. The van der Waals surface area contributed by atoms with Crippen molar-refractivity contribution in [3.05, 3.63) is 41.7 Å². The molecule has 7 heteroatoms. The van der Waals surface area contributed by atoms with Gasteiger partial charge in [-0.1, -0.05) is 6.07 Å². The van der Waals surface area contributed by atoms with Crippen LogP contribution < -0.4 is 4.90 Å². The SMILES string of the molecule is N#Cc1nc(C2CC2)oc1N1CCN(C(=O)c2ccccn2)CC1. The van der Waals surface area contributed by atoms with Crippen molar-refractivity contribution >= 4 is 11.8 Å². The van der Waals surface area contributed by atoms with E-state index in [9.17, 15) is 10.1 Å². The number of carbonyl (C=O) groups excluding carboxylic acids is 1. The number of rotatable bonds is 3. The van der Waals surface area contributed by atoms with Crippen LogP contribution in [0.2, 0.25) is 0 Å². The van der Waals surface area contributed by atoms with Crippen molar-refractivity contribution in [3.63, 3.8) is 0 Å². The van der Waals surface area contributed by atoms with Crippen LogP contribution in [0.1, 0.15) is 40.8 Å². The third-order valence-electron chi connectivity index (χ3n) is 4.40. The van der Waals surface area contributed by atoms with Gasteiger partial charge in [0.1, 0.15) is 11.8 Å². The Kier molecular flexibility index (Phi) is 3.65. The zero-order valence-electron chi connectivity index (χ0n) is 13.2. The van der Waals surface area contributed by atoms with Gasteiger partial charge in [-0.05, 0) is 25.0 Å². The number of amides is 1. The van der Waals surface area contributed by atoms with Crippen molar-refractivity contribution in [3.8, 4) is 6.07 Å². The molecule has 2 aliphatic rings. The quantitative estimate of drug-likeness (QED) is 0.856. The van der Waals surface area contributed by atoms with Crippen molar-refractivity contribution in [2.45, 2.75) is 18.8 Å². The summed E-state index contributed by atoms with van der Waals surface area (Å²) in [6.07, 6.45) is 3.78. The Hall–Kier alpha value is -2.88. The van der Waals surface area contributed by atoms with Crippen molar-refractivity contribution in [1.29, 1.82) is 5.26 Å². The number of oxazole rings is 1. The summed E-state index contributed by atoms with van der Waals surface area (Å²) in [7, 11) is 0. The number of aromatic nitrogens is 2. The normalized spacial score (nSPS) is 17.6. The van der Waals surface area contributed by atoms with Gasteiger partial charge < -0.3 is 14.2 Å². The molecule has 1 saturated carbocycles. The topological polar surface area (TPSA) is 86.3 Å². The number of nitriles is 1. The van der Waals surface area contributed by atoms with Crippen molar-refractivity contribution in [1.82, 2.24) is 14.9 Å². The first kappa shape index (κ1) is 14.7. The average molecular weight is 323 g/mol. The molecule has 4 rings (SSSR count). The van der Waals surface area contributed by atoms with Crippen LogP contribution in [0.3, 0.4) is 0 Å². The molecular formula is C17H17N5O2. The number of carbonyl (C=O) groups is 1. The van der Waals surface area contributed by atoms with E-state index in [0.717, 1.165) is 12.8 Å². The van der Waals surface area contributed by atoms with Crippen molar-refractivity contribution < 1.29 is 9.21 Å². The van der Waals surface area contributed by atoms with E-state index in [1.54, 1.807) is 23.2 Å². The molecule has 0 aromatic carbocycles. The van der Waals surface area contributed by atoms with E-state index in [2.05, 4.69) is 16.0 Å². The highest BCUT2D eigenvalue weighted by Crippen LogP contribution is 2.41. The van der Waals surface area contributed by atoms with E-state index in [-0.39, 0.29) is 5.91 Å². The van der Waals surface area contributed by atoms with Gasteiger partial charge in [0.2, 0.25) is 17.5 Å². The molecule has 0 bridgehead atoms. The first-order valence-electron chi connectivity index (χ1n) is 8.12. The fraction of sp³-hybridized carbons (Fsp3) is 0.412. The number of anilines is 1. The second-order valence-corrected chi connectivity index (χ2v) is 6.09. The Balaban J connectivity index is 1.45. The first-order chi connectivity index (χ1) is 11.8. The lowest BCUT2D eigenvalue weighted by molar-refractivity contribution is 0.0739. The maximum atomic E-state index is 12.4. The van der Waals surface area contributed by atoms with E-state index in [1.807, 2.05) is 11.0 Å². The van der Waals surface area contributed by atoms with Crippen LogP contribution in [0.4, 0.5) is 5.88 Å². The maximum Gasteiger partial charge on any atom is 0.272 e. The molecule has 1 saturated heterocycles. The lowest BCUT2D eigenvalue weighted by atomic mass is 10.2. The molecule has 2 fully saturated rings. The van der Waals surface area contributed by atoms with E-state index in [4.69, 9.17) is 4.42 Å². The summed E-state index contributed by atoms with van der Waals surface area (Å²) in [6.45, 7) is 2.37. The molecule has 2 aromatic rings. The molecule has 3 heterocycles. The molecule has 1 amide bonds. The van der Waals surface area contributed by atoms with Gasteiger partial charge in [-0.3, -0.25) is 9.78 Å². The summed E-state index contributed by atoms with van der Waals surface area (Å²) in [4.78, 5) is 24.6. The maximum absolute atomic E-state index is 12.4. The van der Waals surface area contributed by atoms with Crippen LogP contribution in [0, 0.1) is 11.3 Å². The summed E-state index contributed by atoms with van der Waals surface area (Å²) in [5.41, 5.74) is 0.806. The van der Waals surface area contributed by atoms with Gasteiger partial charge >= 0.3 is 0 Å². The van der Waals surface area contributed by atoms with Crippen molar-refractivity contribution in [2.24, 2.45) is 0 Å². The van der Waals surface area contributed by atoms with Gasteiger partial charge in [0.15, 0.2) is 0 Å². The van der Waals surface area contributed by atoms with Gasteiger partial charge in [0.25, 0.3) is 5.91 Å². The van der Waals surface area contributed by atoms with Gasteiger partial charge in [-0.15, -0.1) is 0 Å². The number of hydrogen-bond acceptors (Lipinski definition) is 6. The molecule has 1 aliphatic heterocycles. The highest BCUT2D eigenvalue weighted by molar-refractivity contribution is 5.92. The Morgan fingerprint density at radius 2 is 2.04 bits per heavy atom. The summed E-state index contributed by atoms with van der Waals surface area (Å²) in [5, 5.41) is 9.28. The van der Waals surface area contributed by atoms with Gasteiger partial charge in [-0.25, -0.2) is 4.98 Å². The van der Waals surface area contributed by atoms with Crippen LogP contribution in [-0.4, -0.2) is 47.0 Å². The first-order valence-corrected chi connectivity index (χ1v) is 8.12. The highest BCUT2D eigenvalue weighted by Gasteiger charge is 2.33. The monoisotopic (exact) mass is 323 g/mol. The fourth-order valence-corrected chi connectivity index (χ4v) is 2.88. The minimum absolute atomic E-state index is 0.0630. The molecule has 0 atom stereocenters. The molecule has 2 aromatic heterocycles. The van der Waals surface area contributed by atoms with Crippen LogP contribution in [0.15, 0.2) is 28.8 Å². The summed E-state index contributed by atoms with van der Waals surface area (Å²) >= 11 is 0. The standard InChI is InChI=1S/C17H17N5O2/c18-11-14-17(24-15(20-14)12-4-5-12)22-9-7-21(8-10-22)16(23)13-3-1-2-6-19-13/h1-3,6,12H,4-5,7-10H2. The molecule has 0 unspecified atom stereocenters. The minimum atomic E-state index is -0.0630. The molecule has 7 nitrogen and oxygen atoms in total. The Labute approximate surface area is 139 Å². The lowest BCUT2D eigenvalue weighted by Crippen LogP contribution is -2.49. The smallest absolute Gasteiger partial charge is 0.272 e. The second-order valence-electron chi connectivity index (χ2n) is 6.09. The van der Waals surface area contributed by atoms with Crippen LogP contribution >= 0.6 is 0 Å². The highest BCUT2D eigenvalue weighted by atomic mass is 16.4. The van der Waals surface area contributed by atoms with E-state index < -0.39 is 0 Å². The molecule has 0 radical (unpaired) electrons. The lowest BCUT2D eigenvalue weighted by Gasteiger charge is -2.34. The molecular weight excluding hydrogens is 306 g/mol. The largest absolute Gasteiger partial charge is 0.423 e. The second kappa shape index (κ2) is 5.96. The number of hydrogen-bond donors (Lipinski definition) is 0. The van der Waals surface area contributed by atoms with Gasteiger partial charge in [-0.2, -0.15) is 5.26 Å². The Bertz CT molecular complexity index is 783.